The summed E-state index contributed by atoms with van der Waals surface area (Å²) in [6.07, 6.45) is 8.16. The largest absolute Gasteiger partial charge is 0.356 e. The summed E-state index contributed by atoms with van der Waals surface area (Å²) in [4.78, 5) is 27.9. The molecule has 1 aliphatic heterocycles. The number of aryl methyl sites for hydroxylation is 1. The van der Waals surface area contributed by atoms with Gasteiger partial charge in [0.15, 0.2) is 0 Å². The van der Waals surface area contributed by atoms with Crippen molar-refractivity contribution in [2.24, 2.45) is 0 Å². The number of nitrogens with one attached hydrogen (secondary N) is 2. The molecule has 0 spiro atoms. The molecule has 0 aliphatic carbocycles. The Morgan fingerprint density at radius 2 is 2.17 bits per heavy atom. The molecule has 0 saturated carbocycles. The summed E-state index contributed by atoms with van der Waals surface area (Å²) in [5, 5.41) is 5.82. The molecular formula is C18H22N4O2. The molecule has 2 N–H and O–H groups in total. The van der Waals surface area contributed by atoms with Gasteiger partial charge >= 0.3 is 0 Å². The molecule has 1 aromatic carbocycles. The molecule has 0 saturated heterocycles. The number of benzene rings is 1. The molecule has 2 amide bonds. The van der Waals surface area contributed by atoms with E-state index in [1.165, 1.54) is 0 Å². The van der Waals surface area contributed by atoms with E-state index in [-0.39, 0.29) is 17.7 Å². The maximum Gasteiger partial charge on any atom is 0.232 e. The second-order valence-electron chi connectivity index (χ2n) is 6.03. The number of hydrogen-bond acceptors (Lipinski definition) is 3. The molecule has 24 heavy (non-hydrogen) atoms. The minimum Gasteiger partial charge on any atom is -0.356 e. The highest BCUT2D eigenvalue weighted by Crippen LogP contribution is 2.35. The van der Waals surface area contributed by atoms with Crippen LogP contribution in [0.15, 0.2) is 43.0 Å². The molecule has 2 heterocycles. The third kappa shape index (κ3) is 4.01. The van der Waals surface area contributed by atoms with Crippen LogP contribution in [0.1, 0.15) is 37.2 Å². The minimum atomic E-state index is -0.129. The van der Waals surface area contributed by atoms with Crippen molar-refractivity contribution in [2.75, 3.05) is 11.9 Å². The number of hydrogen-bond donors (Lipinski definition) is 2. The van der Waals surface area contributed by atoms with Crippen molar-refractivity contribution in [3.8, 4) is 0 Å². The SMILES string of the molecule is O=C(CCCC1C(=O)Nc2ccccc21)NCCCn1ccnc1. The van der Waals surface area contributed by atoms with E-state index in [2.05, 4.69) is 15.6 Å². The zero-order valence-electron chi connectivity index (χ0n) is 13.6. The lowest BCUT2D eigenvalue weighted by atomic mass is 9.95. The minimum absolute atomic E-state index is 0.0388. The predicted molar refractivity (Wildman–Crippen MR) is 91.5 cm³/mol. The van der Waals surface area contributed by atoms with Gasteiger partial charge in [0.1, 0.15) is 0 Å². The number of fused-ring (bicyclic) bond motifs is 1. The van der Waals surface area contributed by atoms with E-state index < -0.39 is 0 Å². The maximum atomic E-state index is 12.0. The summed E-state index contributed by atoms with van der Waals surface area (Å²) in [7, 11) is 0. The van der Waals surface area contributed by atoms with Gasteiger partial charge in [0.25, 0.3) is 0 Å². The monoisotopic (exact) mass is 326 g/mol. The van der Waals surface area contributed by atoms with Crippen molar-refractivity contribution < 1.29 is 9.59 Å². The van der Waals surface area contributed by atoms with E-state index in [1.807, 2.05) is 35.0 Å². The van der Waals surface area contributed by atoms with Crippen molar-refractivity contribution in [1.82, 2.24) is 14.9 Å². The van der Waals surface area contributed by atoms with Crippen LogP contribution in [0, 0.1) is 0 Å². The summed E-state index contributed by atoms with van der Waals surface area (Å²) >= 11 is 0. The number of aromatic nitrogens is 2. The normalized spacial score (nSPS) is 15.8. The first-order valence-electron chi connectivity index (χ1n) is 8.36. The second kappa shape index (κ2) is 7.77. The van der Waals surface area contributed by atoms with E-state index in [0.717, 1.165) is 24.2 Å². The number of carbonyl (C=O) groups is 2. The Bertz CT molecular complexity index is 697. The molecule has 0 fully saturated rings. The fraction of sp³-hybridized carbons (Fsp3) is 0.389. The molecule has 1 aliphatic rings. The van der Waals surface area contributed by atoms with Gasteiger partial charge in [-0.1, -0.05) is 18.2 Å². The molecule has 1 atom stereocenters. The van der Waals surface area contributed by atoms with Gasteiger partial charge < -0.3 is 15.2 Å². The Kier molecular flexibility index (Phi) is 5.25. The predicted octanol–water partition coefficient (Wildman–Crippen LogP) is 2.30. The number of rotatable bonds is 8. The average Bonchev–Trinajstić information content (AvgIpc) is 3.20. The first-order valence-corrected chi connectivity index (χ1v) is 8.36. The second-order valence-corrected chi connectivity index (χ2v) is 6.03. The van der Waals surface area contributed by atoms with Crippen LogP contribution < -0.4 is 10.6 Å². The lowest BCUT2D eigenvalue weighted by Gasteiger charge is -2.09. The maximum absolute atomic E-state index is 12.0. The Labute approximate surface area is 141 Å². The van der Waals surface area contributed by atoms with E-state index in [1.54, 1.807) is 12.5 Å². The van der Waals surface area contributed by atoms with Gasteiger partial charge in [0.05, 0.1) is 12.2 Å². The van der Waals surface area contributed by atoms with Gasteiger partial charge in [-0.2, -0.15) is 0 Å². The van der Waals surface area contributed by atoms with Crippen molar-refractivity contribution in [1.29, 1.82) is 0 Å². The third-order valence-electron chi connectivity index (χ3n) is 4.28. The highest BCUT2D eigenvalue weighted by atomic mass is 16.2. The first kappa shape index (κ1) is 16.2. The van der Waals surface area contributed by atoms with Crippen LogP contribution in [0.5, 0.6) is 0 Å². The number of imidazole rings is 1. The van der Waals surface area contributed by atoms with Gasteiger partial charge in [-0.15, -0.1) is 0 Å². The zero-order chi connectivity index (χ0) is 16.8. The average molecular weight is 326 g/mol. The van der Waals surface area contributed by atoms with Gasteiger partial charge in [-0.3, -0.25) is 9.59 Å². The zero-order valence-corrected chi connectivity index (χ0v) is 13.6. The smallest absolute Gasteiger partial charge is 0.232 e. The van der Waals surface area contributed by atoms with Crippen LogP contribution in [0.4, 0.5) is 5.69 Å². The molecule has 3 rings (SSSR count). The molecule has 2 aromatic rings. The van der Waals surface area contributed by atoms with E-state index >= 15 is 0 Å². The number of carbonyl (C=O) groups excluding carboxylic acids is 2. The molecule has 0 radical (unpaired) electrons. The fourth-order valence-electron chi connectivity index (χ4n) is 3.03. The third-order valence-corrected chi connectivity index (χ3v) is 4.28. The number of nitrogens with zero attached hydrogens (tertiary/aromatic N) is 2. The molecule has 0 bridgehead atoms. The Morgan fingerprint density at radius 3 is 3.00 bits per heavy atom. The van der Waals surface area contributed by atoms with Gasteiger partial charge in [0.2, 0.25) is 11.8 Å². The van der Waals surface area contributed by atoms with E-state index in [4.69, 9.17) is 0 Å². The topological polar surface area (TPSA) is 76.0 Å². The highest BCUT2D eigenvalue weighted by molar-refractivity contribution is 6.02. The van der Waals surface area contributed by atoms with Crippen LogP contribution in [0.2, 0.25) is 0 Å². The Hall–Kier alpha value is -2.63. The van der Waals surface area contributed by atoms with Crippen molar-refractivity contribution in [3.05, 3.63) is 48.5 Å². The van der Waals surface area contributed by atoms with Gasteiger partial charge in [0, 0.05) is 37.6 Å². The Balaban J connectivity index is 1.34. The molecule has 6 heteroatoms. The van der Waals surface area contributed by atoms with E-state index in [0.29, 0.717) is 25.8 Å². The summed E-state index contributed by atoms with van der Waals surface area (Å²) in [5.74, 6) is -0.0421. The lowest BCUT2D eigenvalue weighted by molar-refractivity contribution is -0.121. The quantitative estimate of drug-likeness (QED) is 0.731. The molecular weight excluding hydrogens is 304 g/mol. The number of anilines is 1. The fourth-order valence-corrected chi connectivity index (χ4v) is 3.03. The van der Waals surface area contributed by atoms with Crippen molar-refractivity contribution >= 4 is 17.5 Å². The van der Waals surface area contributed by atoms with Crippen LogP contribution >= 0.6 is 0 Å². The van der Waals surface area contributed by atoms with Crippen LogP contribution in [0.3, 0.4) is 0 Å². The summed E-state index contributed by atoms with van der Waals surface area (Å²) in [6, 6.07) is 7.76. The standard InChI is InChI=1S/C18H22N4O2/c23-17(20-9-4-11-22-12-10-19-13-22)8-3-6-15-14-5-1-2-7-16(14)21-18(15)24/h1-2,5,7,10,12-13,15H,3-4,6,8-9,11H2,(H,20,23)(H,21,24). The number of amides is 2. The highest BCUT2D eigenvalue weighted by Gasteiger charge is 2.29. The van der Waals surface area contributed by atoms with Crippen molar-refractivity contribution in [2.45, 2.75) is 38.1 Å². The summed E-state index contributed by atoms with van der Waals surface area (Å²) < 4.78 is 1.99. The summed E-state index contributed by atoms with van der Waals surface area (Å²) in [5.41, 5.74) is 1.94. The Morgan fingerprint density at radius 1 is 1.29 bits per heavy atom. The summed E-state index contributed by atoms with van der Waals surface area (Å²) in [6.45, 7) is 1.50. The lowest BCUT2D eigenvalue weighted by Crippen LogP contribution is -2.25. The van der Waals surface area contributed by atoms with Gasteiger partial charge in [-0.05, 0) is 30.9 Å². The first-order chi connectivity index (χ1) is 11.7. The molecule has 1 aromatic heterocycles. The van der Waals surface area contributed by atoms with Crippen LogP contribution in [-0.2, 0) is 16.1 Å². The molecule has 1 unspecified atom stereocenters. The number of para-hydroxylation sites is 1. The van der Waals surface area contributed by atoms with Crippen molar-refractivity contribution in [3.63, 3.8) is 0 Å². The molecule has 6 nitrogen and oxygen atoms in total. The van der Waals surface area contributed by atoms with E-state index in [9.17, 15) is 9.59 Å². The molecule has 126 valence electrons. The van der Waals surface area contributed by atoms with Gasteiger partial charge in [-0.25, -0.2) is 4.98 Å². The van der Waals surface area contributed by atoms with Crippen LogP contribution in [0.25, 0.3) is 0 Å². The van der Waals surface area contributed by atoms with Crippen LogP contribution in [-0.4, -0.2) is 27.9 Å².